The number of carbonyl (C=O) groups excluding carboxylic acids is 1. The number of methoxy groups -OCH3 is 1. The van der Waals surface area contributed by atoms with Crippen molar-refractivity contribution in [1.82, 2.24) is 20.5 Å². The van der Waals surface area contributed by atoms with Crippen molar-refractivity contribution in [3.63, 3.8) is 0 Å². The summed E-state index contributed by atoms with van der Waals surface area (Å²) in [7, 11) is 1.35. The summed E-state index contributed by atoms with van der Waals surface area (Å²) in [6.45, 7) is 3.67. The largest absolute Gasteiger partial charge is 0.480 e. The Bertz CT molecular complexity index is 429. The molecule has 3 N–H and O–H groups in total. The minimum absolute atomic E-state index is 0.0824. The Morgan fingerprint density at radius 3 is 2.61 bits per heavy atom. The van der Waals surface area contributed by atoms with E-state index < -0.39 is 17.9 Å². The number of aliphatic carboxylic acids is 1. The average molecular weight is 256 g/mol. The van der Waals surface area contributed by atoms with Crippen molar-refractivity contribution in [3.8, 4) is 0 Å². The van der Waals surface area contributed by atoms with E-state index in [4.69, 9.17) is 9.84 Å². The molecule has 1 atom stereocenters. The van der Waals surface area contributed by atoms with Crippen molar-refractivity contribution in [2.75, 3.05) is 13.7 Å². The molecule has 0 bridgehead atoms. The Kier molecular flexibility index (Phi) is 4.78. The number of hydrogen-bond acceptors (Lipinski definition) is 5. The summed E-state index contributed by atoms with van der Waals surface area (Å²) < 4.78 is 4.70. The first-order valence-electron chi connectivity index (χ1n) is 5.40. The van der Waals surface area contributed by atoms with Crippen LogP contribution in [0.4, 0.5) is 0 Å². The van der Waals surface area contributed by atoms with Crippen LogP contribution in [0.25, 0.3) is 0 Å². The molecule has 0 spiro atoms. The molecule has 0 aliphatic carbocycles. The summed E-state index contributed by atoms with van der Waals surface area (Å²) in [4.78, 5) is 26.5. The lowest BCUT2D eigenvalue weighted by molar-refractivity contribution is -0.140. The van der Waals surface area contributed by atoms with Crippen molar-refractivity contribution in [2.45, 2.75) is 25.8 Å². The molecular formula is C10H16N4O4. The minimum atomic E-state index is -1.18. The van der Waals surface area contributed by atoms with Crippen LogP contribution in [0.1, 0.15) is 36.2 Å². The standard InChI is InChI=1S/C10H16N4O4/c1-5(2)7-12-8(14-13-7)9(15)11-6(4-18-3)10(16)17/h5-6H,4H2,1-3H3,(H,11,15)(H,16,17)(H,12,13,14). The van der Waals surface area contributed by atoms with Crippen LogP contribution in [-0.2, 0) is 9.53 Å². The molecule has 0 radical (unpaired) electrons. The molecule has 1 rings (SSSR count). The number of amides is 1. The molecule has 1 unspecified atom stereocenters. The maximum absolute atomic E-state index is 11.7. The van der Waals surface area contributed by atoms with Crippen LogP contribution >= 0.6 is 0 Å². The summed E-state index contributed by atoms with van der Waals surface area (Å²) >= 11 is 0. The van der Waals surface area contributed by atoms with Gasteiger partial charge in [-0.15, -0.1) is 5.10 Å². The Morgan fingerprint density at radius 1 is 1.50 bits per heavy atom. The zero-order valence-corrected chi connectivity index (χ0v) is 10.4. The quantitative estimate of drug-likeness (QED) is 0.646. The van der Waals surface area contributed by atoms with E-state index in [2.05, 4.69) is 20.5 Å². The summed E-state index contributed by atoms with van der Waals surface area (Å²) in [5.74, 6) is -1.24. The summed E-state index contributed by atoms with van der Waals surface area (Å²) in [6.07, 6.45) is 0. The molecule has 0 aromatic carbocycles. The molecule has 0 aliphatic rings. The van der Waals surface area contributed by atoms with Gasteiger partial charge in [0, 0.05) is 13.0 Å². The molecule has 1 aromatic heterocycles. The van der Waals surface area contributed by atoms with Gasteiger partial charge in [0.2, 0.25) is 5.82 Å². The van der Waals surface area contributed by atoms with Gasteiger partial charge >= 0.3 is 5.97 Å². The number of aromatic nitrogens is 3. The molecular weight excluding hydrogens is 240 g/mol. The fraction of sp³-hybridized carbons (Fsp3) is 0.600. The fourth-order valence-corrected chi connectivity index (χ4v) is 1.20. The highest BCUT2D eigenvalue weighted by Crippen LogP contribution is 2.07. The van der Waals surface area contributed by atoms with Crippen molar-refractivity contribution >= 4 is 11.9 Å². The number of aromatic amines is 1. The minimum Gasteiger partial charge on any atom is -0.480 e. The zero-order chi connectivity index (χ0) is 13.7. The SMILES string of the molecule is COCC(NC(=O)c1n[nH]c(C(C)C)n1)C(=O)O. The molecule has 100 valence electrons. The van der Waals surface area contributed by atoms with Gasteiger partial charge in [-0.1, -0.05) is 13.8 Å². The van der Waals surface area contributed by atoms with Gasteiger partial charge in [-0.3, -0.25) is 9.89 Å². The van der Waals surface area contributed by atoms with Crippen molar-refractivity contribution < 1.29 is 19.4 Å². The molecule has 18 heavy (non-hydrogen) atoms. The van der Waals surface area contributed by atoms with E-state index in [-0.39, 0.29) is 18.3 Å². The molecule has 1 amide bonds. The number of carboxylic acid groups (broad SMARTS) is 1. The molecule has 0 aliphatic heterocycles. The number of H-pyrrole nitrogens is 1. The van der Waals surface area contributed by atoms with Crippen molar-refractivity contribution in [3.05, 3.63) is 11.6 Å². The highest BCUT2D eigenvalue weighted by atomic mass is 16.5. The average Bonchev–Trinajstić information content (AvgIpc) is 2.77. The first-order chi connectivity index (χ1) is 8.45. The molecule has 8 heteroatoms. The topological polar surface area (TPSA) is 117 Å². The predicted octanol–water partition coefficient (Wildman–Crippen LogP) is -0.242. The van der Waals surface area contributed by atoms with Crippen LogP contribution in [0, 0.1) is 0 Å². The molecule has 0 saturated heterocycles. The number of hydrogen-bond donors (Lipinski definition) is 3. The van der Waals surface area contributed by atoms with Crippen LogP contribution in [0.5, 0.6) is 0 Å². The number of rotatable bonds is 6. The lowest BCUT2D eigenvalue weighted by atomic mass is 10.2. The zero-order valence-electron chi connectivity index (χ0n) is 10.4. The lowest BCUT2D eigenvalue weighted by Gasteiger charge is -2.11. The van der Waals surface area contributed by atoms with E-state index in [1.165, 1.54) is 7.11 Å². The Morgan fingerprint density at radius 2 is 2.17 bits per heavy atom. The molecule has 8 nitrogen and oxygen atoms in total. The maximum atomic E-state index is 11.7. The van der Waals surface area contributed by atoms with E-state index >= 15 is 0 Å². The molecule has 1 heterocycles. The van der Waals surface area contributed by atoms with Crippen LogP contribution < -0.4 is 5.32 Å². The highest BCUT2D eigenvalue weighted by Gasteiger charge is 2.23. The third-order valence-corrected chi connectivity index (χ3v) is 2.19. The number of ether oxygens (including phenoxy) is 1. The van der Waals surface area contributed by atoms with Gasteiger partial charge < -0.3 is 15.2 Å². The third kappa shape index (κ3) is 3.52. The summed E-state index contributed by atoms with van der Waals surface area (Å²) in [5, 5.41) is 17.5. The van der Waals surface area contributed by atoms with Gasteiger partial charge in [-0.05, 0) is 0 Å². The normalized spacial score (nSPS) is 12.4. The second kappa shape index (κ2) is 6.10. The molecule has 1 aromatic rings. The smallest absolute Gasteiger partial charge is 0.328 e. The lowest BCUT2D eigenvalue weighted by Crippen LogP contribution is -2.44. The predicted molar refractivity (Wildman–Crippen MR) is 61.2 cm³/mol. The van der Waals surface area contributed by atoms with Crippen molar-refractivity contribution in [1.29, 1.82) is 0 Å². The van der Waals surface area contributed by atoms with Crippen LogP contribution in [0.3, 0.4) is 0 Å². The number of nitrogens with one attached hydrogen (secondary N) is 2. The summed E-state index contributed by atoms with van der Waals surface area (Å²) in [5.41, 5.74) is 0. The summed E-state index contributed by atoms with van der Waals surface area (Å²) in [6, 6.07) is -1.12. The van der Waals surface area contributed by atoms with Gasteiger partial charge in [-0.25, -0.2) is 9.78 Å². The van der Waals surface area contributed by atoms with Crippen molar-refractivity contribution in [2.24, 2.45) is 0 Å². The second-order valence-electron chi connectivity index (χ2n) is 4.02. The van der Waals surface area contributed by atoms with E-state index in [0.29, 0.717) is 5.82 Å². The van der Waals surface area contributed by atoms with E-state index in [1.807, 2.05) is 13.8 Å². The fourth-order valence-electron chi connectivity index (χ4n) is 1.20. The Labute approximate surface area is 104 Å². The highest BCUT2D eigenvalue weighted by molar-refractivity contribution is 5.93. The first kappa shape index (κ1) is 14.1. The van der Waals surface area contributed by atoms with E-state index in [1.54, 1.807) is 0 Å². The number of carbonyl (C=O) groups is 2. The number of carboxylic acids is 1. The van der Waals surface area contributed by atoms with Gasteiger partial charge in [0.05, 0.1) is 6.61 Å². The van der Waals surface area contributed by atoms with E-state index in [0.717, 1.165) is 0 Å². The monoisotopic (exact) mass is 256 g/mol. The maximum Gasteiger partial charge on any atom is 0.328 e. The second-order valence-corrected chi connectivity index (χ2v) is 4.02. The van der Waals surface area contributed by atoms with E-state index in [9.17, 15) is 9.59 Å². The number of nitrogens with zero attached hydrogens (tertiary/aromatic N) is 2. The van der Waals surface area contributed by atoms with Gasteiger partial charge in [0.25, 0.3) is 5.91 Å². The van der Waals surface area contributed by atoms with Crippen LogP contribution in [-0.4, -0.2) is 51.9 Å². The van der Waals surface area contributed by atoms with Gasteiger partial charge in [0.1, 0.15) is 5.82 Å². The molecule has 0 saturated carbocycles. The molecule has 0 fully saturated rings. The van der Waals surface area contributed by atoms with Gasteiger partial charge in [0.15, 0.2) is 6.04 Å². The Hall–Kier alpha value is -1.96. The Balaban J connectivity index is 2.71. The first-order valence-corrected chi connectivity index (χ1v) is 5.40. The van der Waals surface area contributed by atoms with Crippen LogP contribution in [0.15, 0.2) is 0 Å². The van der Waals surface area contributed by atoms with Crippen LogP contribution in [0.2, 0.25) is 0 Å². The van der Waals surface area contributed by atoms with Gasteiger partial charge in [-0.2, -0.15) is 0 Å². The third-order valence-electron chi connectivity index (χ3n) is 2.19.